The van der Waals surface area contributed by atoms with E-state index in [-0.39, 0.29) is 101 Å². The van der Waals surface area contributed by atoms with E-state index in [9.17, 15) is 86.9 Å². The fourth-order valence-corrected chi connectivity index (χ4v) is 11.4. The van der Waals surface area contributed by atoms with Gasteiger partial charge in [-0.3, -0.25) is 76.7 Å². The Morgan fingerprint density at radius 1 is 0.495 bits per heavy atom. The highest BCUT2D eigenvalue weighted by atomic mass is 32.2. The highest BCUT2D eigenvalue weighted by Crippen LogP contribution is 2.17. The van der Waals surface area contributed by atoms with Gasteiger partial charge in [0.15, 0.2) is 0 Å². The second kappa shape index (κ2) is 47.3. The Hall–Kier alpha value is -9.23. The van der Waals surface area contributed by atoms with Crippen LogP contribution in [0.2, 0.25) is 0 Å². The molecule has 2 rings (SSSR count). The first-order chi connectivity index (χ1) is 49.4. The number of aliphatic hydroxyl groups is 1. The first-order valence-corrected chi connectivity index (χ1v) is 36.9. The van der Waals surface area contributed by atoms with Crippen LogP contribution in [0.3, 0.4) is 0 Å². The minimum atomic E-state index is -1.88. The van der Waals surface area contributed by atoms with Gasteiger partial charge in [-0.15, -0.1) is 0 Å². The molecule has 14 atom stereocenters. The summed E-state index contributed by atoms with van der Waals surface area (Å²) in [5, 5.41) is 53.8. The quantitative estimate of drug-likeness (QED) is 0.0272. The summed E-state index contributed by atoms with van der Waals surface area (Å²) in [6.45, 7) is 14.0. The molecule has 105 heavy (non-hydrogen) atoms. The van der Waals surface area contributed by atoms with E-state index < -0.39 is 198 Å². The lowest BCUT2D eigenvalue weighted by Crippen LogP contribution is -2.62. The molecule has 25 N–H and O–H groups in total. The third kappa shape index (κ3) is 33.6. The summed E-state index contributed by atoms with van der Waals surface area (Å²) in [5.41, 5.74) is 28.2. The van der Waals surface area contributed by atoms with Crippen molar-refractivity contribution >= 4 is 106 Å². The fourth-order valence-electron chi connectivity index (χ4n) is 10.9. The molecule has 36 nitrogen and oxygen atoms in total. The number of rotatable bonds is 50. The van der Waals surface area contributed by atoms with E-state index in [4.69, 9.17) is 28.7 Å². The molecule has 1 aromatic rings. The van der Waals surface area contributed by atoms with Crippen molar-refractivity contribution in [1.82, 2.24) is 69.1 Å². The smallest absolute Gasteiger partial charge is 0.245 e. The molecular weight excluding hydrogens is 1390 g/mol. The Morgan fingerprint density at radius 3 is 1.37 bits per heavy atom. The van der Waals surface area contributed by atoms with Crippen LogP contribution in [-0.4, -0.2) is 215 Å². The second-order valence-electron chi connectivity index (χ2n) is 27.4. The van der Waals surface area contributed by atoms with Crippen LogP contribution in [0.1, 0.15) is 158 Å². The summed E-state index contributed by atoms with van der Waals surface area (Å²) < 4.78 is 0. The van der Waals surface area contributed by atoms with Crippen molar-refractivity contribution in [1.29, 1.82) is 0 Å². The lowest BCUT2D eigenvalue weighted by molar-refractivity contribution is -0.137. The molecule has 1 aliphatic heterocycles. The summed E-state index contributed by atoms with van der Waals surface area (Å²) in [4.78, 5) is 217. The Kier molecular flexibility index (Phi) is 41.4. The van der Waals surface area contributed by atoms with Gasteiger partial charge in [0.25, 0.3) is 0 Å². The first-order valence-electron chi connectivity index (χ1n) is 35.5. The van der Waals surface area contributed by atoms with Gasteiger partial charge >= 0.3 is 0 Å². The van der Waals surface area contributed by atoms with Gasteiger partial charge in [-0.2, -0.15) is 11.8 Å². The van der Waals surface area contributed by atoms with Crippen molar-refractivity contribution in [3.63, 3.8) is 0 Å². The van der Waals surface area contributed by atoms with E-state index in [1.165, 1.54) is 43.0 Å². The van der Waals surface area contributed by atoms with Crippen molar-refractivity contribution in [2.24, 2.45) is 52.3 Å². The van der Waals surface area contributed by atoms with E-state index in [0.29, 0.717) is 30.6 Å². The number of nitrogens with one attached hydrogen (secondary N) is 13. The number of nitrogens with two attached hydrogens (primary N) is 5. The minimum absolute atomic E-state index is 0.00114. The van der Waals surface area contributed by atoms with E-state index in [0.717, 1.165) is 0 Å². The van der Waals surface area contributed by atoms with Crippen LogP contribution in [0.4, 0.5) is 0 Å². The number of phenols is 1. The molecular formula is C68H114N18O18S. The topological polar surface area (TPSA) is 600 Å². The molecule has 0 saturated carbocycles. The lowest BCUT2D eigenvalue weighted by atomic mass is 9.96. The lowest BCUT2D eigenvalue weighted by Gasteiger charge is -2.29. The molecule has 1 aliphatic rings. The summed E-state index contributed by atoms with van der Waals surface area (Å²) >= 11 is 1.42. The molecule has 1 fully saturated rings. The summed E-state index contributed by atoms with van der Waals surface area (Å²) in [7, 11) is 0. The van der Waals surface area contributed by atoms with Crippen LogP contribution in [0.25, 0.3) is 0 Å². The zero-order valence-electron chi connectivity index (χ0n) is 61.8. The van der Waals surface area contributed by atoms with Gasteiger partial charge in [0.1, 0.15) is 84.3 Å². The number of aromatic hydroxyl groups is 1. The number of carbonyl (C=O) groups is 16. The van der Waals surface area contributed by atoms with Crippen LogP contribution in [-0.2, 0) is 83.1 Å². The Balaban J connectivity index is 2.50. The maximum Gasteiger partial charge on any atom is 0.245 e. The third-order valence-corrected chi connectivity index (χ3v) is 17.8. The van der Waals surface area contributed by atoms with E-state index in [1.807, 2.05) is 6.26 Å². The summed E-state index contributed by atoms with van der Waals surface area (Å²) in [6.07, 6.45) is 1.95. The van der Waals surface area contributed by atoms with Crippen LogP contribution in [0.5, 0.6) is 5.75 Å². The summed E-state index contributed by atoms with van der Waals surface area (Å²) in [6, 6.07) is -12.8. The number of carbonyl (C=O) groups excluding carboxylic acids is 16. The molecule has 14 unspecified atom stereocenters. The predicted octanol–water partition coefficient (Wildman–Crippen LogP) is -4.92. The van der Waals surface area contributed by atoms with E-state index in [1.54, 1.807) is 55.4 Å². The van der Waals surface area contributed by atoms with Crippen LogP contribution >= 0.6 is 11.8 Å². The van der Waals surface area contributed by atoms with Crippen molar-refractivity contribution in [2.45, 2.75) is 237 Å². The van der Waals surface area contributed by atoms with Gasteiger partial charge in [0.2, 0.25) is 94.5 Å². The zero-order chi connectivity index (χ0) is 79.4. The van der Waals surface area contributed by atoms with Gasteiger partial charge in [-0.1, -0.05) is 73.9 Å². The molecule has 0 aliphatic carbocycles. The number of phenolic OH excluding ortho intramolecular Hbond substituents is 1. The van der Waals surface area contributed by atoms with E-state index >= 15 is 0 Å². The Bertz CT molecular complexity index is 3130. The molecule has 0 aromatic heterocycles. The van der Waals surface area contributed by atoms with Gasteiger partial charge in [-0.25, -0.2) is 0 Å². The molecule has 0 bridgehead atoms. The van der Waals surface area contributed by atoms with Crippen molar-refractivity contribution in [3.05, 3.63) is 29.8 Å². The van der Waals surface area contributed by atoms with Crippen molar-refractivity contribution in [3.8, 4) is 5.75 Å². The molecule has 0 radical (unpaired) electrons. The van der Waals surface area contributed by atoms with Gasteiger partial charge in [0.05, 0.1) is 19.4 Å². The maximum absolute atomic E-state index is 14.8. The molecule has 37 heteroatoms. The monoisotopic (exact) mass is 1500 g/mol. The highest BCUT2D eigenvalue weighted by molar-refractivity contribution is 7.98. The van der Waals surface area contributed by atoms with Crippen molar-refractivity contribution in [2.75, 3.05) is 31.7 Å². The Morgan fingerprint density at radius 2 is 0.905 bits per heavy atom. The standard InChI is InChI=1S/C68H114N18O18S/c1-11-37(8)55(68(104)83-47(29-35(4)5)62(98)79-45(56(73)92)31-51(71)89)86-66(102)50(33-87)84-65(101)49(32-52(72)90)82-63(99)46(28-34(2)3)80-64(100)48(30-39-18-20-40(88)21-19-39)81-60(96)41(16-12-14-25-69)76-59(95)42(17-13-15-26-70)78-67(103)54(36(6)7)85-57(93)38(9)74-58(94)44(24-27-105-10)77-61(97)43-22-23-53(91)75-43/h18-21,34-38,41-50,54-55,87-88H,11-17,22-33,69-70H2,1-10H3,(H2,71,89)(H2,72,90)(H2,73,92)(H,74,94)(H,75,91)(H,76,95)(H,77,97)(H,78,103)(H,79,98)(H,80,100)(H,81,96)(H,82,99)(H,83,104)(H,84,101)(H,85,93)(H,86,102). The van der Waals surface area contributed by atoms with E-state index in [2.05, 4.69) is 69.1 Å². The van der Waals surface area contributed by atoms with Gasteiger partial charge in [0, 0.05) is 12.8 Å². The number of thioether (sulfide) groups is 1. The minimum Gasteiger partial charge on any atom is -0.508 e. The number of aliphatic hydroxyl groups excluding tert-OH is 1. The van der Waals surface area contributed by atoms with Gasteiger partial charge < -0.3 is 108 Å². The predicted molar refractivity (Wildman–Crippen MR) is 388 cm³/mol. The average Bonchev–Trinajstić information content (AvgIpc) is 1.18. The highest BCUT2D eigenvalue weighted by Gasteiger charge is 2.39. The number of hydrogen-bond donors (Lipinski definition) is 20. The van der Waals surface area contributed by atoms with Crippen LogP contribution < -0.4 is 97.8 Å². The maximum atomic E-state index is 14.8. The third-order valence-electron chi connectivity index (χ3n) is 17.1. The second-order valence-corrected chi connectivity index (χ2v) is 28.4. The van der Waals surface area contributed by atoms with Gasteiger partial charge in [-0.05, 0) is 138 Å². The summed E-state index contributed by atoms with van der Waals surface area (Å²) in [5.74, 6) is -15.9. The largest absolute Gasteiger partial charge is 0.508 e. The van der Waals surface area contributed by atoms with Crippen molar-refractivity contribution < 1.29 is 86.9 Å². The van der Waals surface area contributed by atoms with Crippen LogP contribution in [0, 0.1) is 23.7 Å². The number of primary amides is 3. The number of amides is 16. The molecule has 1 aromatic carbocycles. The molecule has 590 valence electrons. The zero-order valence-corrected chi connectivity index (χ0v) is 62.6. The Labute approximate surface area is 616 Å². The molecule has 16 amide bonds. The number of unbranched alkanes of at least 4 members (excludes halogenated alkanes) is 2. The SMILES string of the molecule is CCC(C)C(NC(=O)C(CO)NC(=O)C(CC(N)=O)NC(=O)C(CC(C)C)NC(=O)C(Cc1ccc(O)cc1)NC(=O)C(CCCCN)NC(=O)C(CCCCN)NC(=O)C(NC(=O)C(C)NC(=O)C(CCSC)NC(=O)C1CCC(=O)N1)C(C)C)C(=O)NC(CC(C)C)C(=O)NC(CC(N)=O)C(N)=O. The van der Waals surface area contributed by atoms with Crippen LogP contribution in [0.15, 0.2) is 24.3 Å². The number of benzene rings is 1. The number of hydrogen-bond acceptors (Lipinski definition) is 21. The molecule has 0 spiro atoms. The molecule has 1 heterocycles. The first kappa shape index (κ1) is 91.9. The fraction of sp³-hybridized carbons (Fsp3) is 0.676. The average molecular weight is 1500 g/mol. The molecule has 1 saturated heterocycles. The normalized spacial score (nSPS) is 16.4.